The number of ether oxygens (including phenoxy) is 1. The lowest BCUT2D eigenvalue weighted by Crippen LogP contribution is -2.24. The lowest BCUT2D eigenvalue weighted by molar-refractivity contribution is 0.130. The topological polar surface area (TPSA) is 33.0 Å². The lowest BCUT2D eigenvalue weighted by Gasteiger charge is -2.28. The number of hydrogen-bond donors (Lipinski definition) is 0. The molecule has 2 rings (SSSR count). The molecular weight excluding hydrogens is 246 g/mol. The molecule has 3 heteroatoms. The Hall–Kier alpha value is -1.20. The Morgan fingerprint density at radius 3 is 2.61 bits per heavy atom. The van der Waals surface area contributed by atoms with Crippen LogP contribution in [-0.4, -0.2) is 6.10 Å². The molecule has 18 heavy (non-hydrogen) atoms. The molecule has 0 atom stereocenters. The number of benzene rings is 1. The summed E-state index contributed by atoms with van der Waals surface area (Å²) in [7, 11) is 0. The summed E-state index contributed by atoms with van der Waals surface area (Å²) in [6, 6.07) is 7.28. The highest BCUT2D eigenvalue weighted by atomic mass is 35.5. The molecule has 96 valence electrons. The standard InChI is InChI=1S/C15H18ClNO/c1-2-11-3-6-13(7-4-11)18-15-8-5-12(10-17)9-14(15)16/h5,8-9,11,13H,2-4,6-7H2,1H3. The molecule has 0 aliphatic heterocycles. The Morgan fingerprint density at radius 2 is 2.06 bits per heavy atom. The smallest absolute Gasteiger partial charge is 0.138 e. The van der Waals surface area contributed by atoms with E-state index in [1.807, 2.05) is 0 Å². The van der Waals surface area contributed by atoms with Gasteiger partial charge >= 0.3 is 0 Å². The molecule has 0 amide bonds. The van der Waals surface area contributed by atoms with Crippen molar-refractivity contribution >= 4 is 11.6 Å². The second-order valence-electron chi connectivity index (χ2n) is 4.93. The third-order valence-corrected chi connectivity index (χ3v) is 4.02. The molecule has 0 heterocycles. The van der Waals surface area contributed by atoms with E-state index in [2.05, 4.69) is 13.0 Å². The van der Waals surface area contributed by atoms with E-state index in [9.17, 15) is 0 Å². The zero-order valence-corrected chi connectivity index (χ0v) is 11.4. The average molecular weight is 264 g/mol. The predicted molar refractivity (Wildman–Crippen MR) is 72.8 cm³/mol. The van der Waals surface area contributed by atoms with Gasteiger partial charge in [0.25, 0.3) is 0 Å². The van der Waals surface area contributed by atoms with Crippen LogP contribution in [0.5, 0.6) is 5.75 Å². The van der Waals surface area contributed by atoms with Gasteiger partial charge in [0.05, 0.1) is 22.8 Å². The highest BCUT2D eigenvalue weighted by molar-refractivity contribution is 6.32. The van der Waals surface area contributed by atoms with E-state index in [1.54, 1.807) is 18.2 Å². The van der Waals surface area contributed by atoms with Crippen LogP contribution in [0.4, 0.5) is 0 Å². The molecular formula is C15H18ClNO. The van der Waals surface area contributed by atoms with Crippen molar-refractivity contribution in [2.75, 3.05) is 0 Å². The predicted octanol–water partition coefficient (Wildman–Crippen LogP) is 4.56. The van der Waals surface area contributed by atoms with Crippen molar-refractivity contribution in [3.8, 4) is 11.8 Å². The van der Waals surface area contributed by atoms with Crippen LogP contribution in [0, 0.1) is 17.2 Å². The fourth-order valence-electron chi connectivity index (χ4n) is 2.50. The SMILES string of the molecule is CCC1CCC(Oc2ccc(C#N)cc2Cl)CC1. The minimum Gasteiger partial charge on any atom is -0.489 e. The molecule has 0 bridgehead atoms. The van der Waals surface area contributed by atoms with Crippen LogP contribution in [0.2, 0.25) is 5.02 Å². The van der Waals surface area contributed by atoms with Gasteiger partial charge in [0, 0.05) is 0 Å². The van der Waals surface area contributed by atoms with Crippen LogP contribution in [0.25, 0.3) is 0 Å². The lowest BCUT2D eigenvalue weighted by atomic mass is 9.86. The van der Waals surface area contributed by atoms with E-state index < -0.39 is 0 Å². The molecule has 0 aromatic heterocycles. The number of nitrogens with zero attached hydrogens (tertiary/aromatic N) is 1. The second kappa shape index (κ2) is 6.11. The van der Waals surface area contributed by atoms with Gasteiger partial charge in [-0.15, -0.1) is 0 Å². The normalized spacial score (nSPS) is 23.4. The summed E-state index contributed by atoms with van der Waals surface area (Å²) in [6.45, 7) is 2.25. The van der Waals surface area contributed by atoms with E-state index in [0.29, 0.717) is 16.3 Å². The van der Waals surface area contributed by atoms with Gasteiger partial charge in [-0.05, 0) is 49.8 Å². The molecule has 1 saturated carbocycles. The van der Waals surface area contributed by atoms with Crippen LogP contribution >= 0.6 is 11.6 Å². The van der Waals surface area contributed by atoms with Gasteiger partial charge in [-0.2, -0.15) is 5.26 Å². The zero-order chi connectivity index (χ0) is 13.0. The maximum atomic E-state index is 8.78. The highest BCUT2D eigenvalue weighted by Crippen LogP contribution is 2.32. The maximum Gasteiger partial charge on any atom is 0.138 e. The molecule has 0 spiro atoms. The van der Waals surface area contributed by atoms with Crippen LogP contribution < -0.4 is 4.74 Å². The van der Waals surface area contributed by atoms with Crippen molar-refractivity contribution in [3.05, 3.63) is 28.8 Å². The first-order valence-corrected chi connectivity index (χ1v) is 6.97. The summed E-state index contributed by atoms with van der Waals surface area (Å²) in [5, 5.41) is 9.32. The summed E-state index contributed by atoms with van der Waals surface area (Å²) >= 11 is 6.11. The summed E-state index contributed by atoms with van der Waals surface area (Å²) in [6.07, 6.45) is 6.25. The summed E-state index contributed by atoms with van der Waals surface area (Å²) in [5.41, 5.74) is 0.571. The van der Waals surface area contributed by atoms with Crippen LogP contribution in [0.15, 0.2) is 18.2 Å². The Kier molecular flexibility index (Phi) is 4.49. The second-order valence-corrected chi connectivity index (χ2v) is 5.33. The van der Waals surface area contributed by atoms with Crippen LogP contribution in [0.3, 0.4) is 0 Å². The molecule has 1 aliphatic carbocycles. The molecule has 0 unspecified atom stereocenters. The Balaban J connectivity index is 1.96. The van der Waals surface area contributed by atoms with Gasteiger partial charge in [0.2, 0.25) is 0 Å². The maximum absolute atomic E-state index is 8.78. The van der Waals surface area contributed by atoms with Crippen LogP contribution in [-0.2, 0) is 0 Å². The first-order chi connectivity index (χ1) is 8.72. The van der Waals surface area contributed by atoms with E-state index in [1.165, 1.54) is 19.3 Å². The average Bonchev–Trinajstić information content (AvgIpc) is 2.42. The highest BCUT2D eigenvalue weighted by Gasteiger charge is 2.21. The molecule has 1 fully saturated rings. The first kappa shape index (κ1) is 13.2. The molecule has 1 aliphatic rings. The molecule has 0 saturated heterocycles. The van der Waals surface area contributed by atoms with Crippen molar-refractivity contribution in [2.24, 2.45) is 5.92 Å². The monoisotopic (exact) mass is 263 g/mol. The quantitative estimate of drug-likeness (QED) is 0.801. The summed E-state index contributed by atoms with van der Waals surface area (Å²) in [4.78, 5) is 0. The van der Waals surface area contributed by atoms with Crippen molar-refractivity contribution < 1.29 is 4.74 Å². The van der Waals surface area contributed by atoms with Crippen molar-refractivity contribution in [2.45, 2.75) is 45.1 Å². The fourth-order valence-corrected chi connectivity index (χ4v) is 2.73. The van der Waals surface area contributed by atoms with Gasteiger partial charge < -0.3 is 4.74 Å². The van der Waals surface area contributed by atoms with Crippen molar-refractivity contribution in [1.29, 1.82) is 5.26 Å². The minimum absolute atomic E-state index is 0.276. The zero-order valence-electron chi connectivity index (χ0n) is 10.7. The van der Waals surface area contributed by atoms with Gasteiger partial charge in [-0.1, -0.05) is 24.9 Å². The number of nitriles is 1. The minimum atomic E-state index is 0.276. The summed E-state index contributed by atoms with van der Waals surface area (Å²) in [5.74, 6) is 1.57. The number of hydrogen-bond acceptors (Lipinski definition) is 2. The van der Waals surface area contributed by atoms with E-state index in [-0.39, 0.29) is 6.10 Å². The molecule has 0 N–H and O–H groups in total. The first-order valence-electron chi connectivity index (χ1n) is 6.59. The molecule has 0 radical (unpaired) electrons. The third-order valence-electron chi connectivity index (χ3n) is 3.73. The molecule has 1 aromatic carbocycles. The van der Waals surface area contributed by atoms with Gasteiger partial charge in [-0.3, -0.25) is 0 Å². The Bertz CT molecular complexity index is 444. The fraction of sp³-hybridized carbons (Fsp3) is 0.533. The van der Waals surface area contributed by atoms with Crippen LogP contribution in [0.1, 0.15) is 44.6 Å². The van der Waals surface area contributed by atoms with Gasteiger partial charge in [-0.25, -0.2) is 0 Å². The number of rotatable bonds is 3. The summed E-state index contributed by atoms with van der Waals surface area (Å²) < 4.78 is 5.94. The van der Waals surface area contributed by atoms with Crippen molar-refractivity contribution in [3.63, 3.8) is 0 Å². The molecule has 2 nitrogen and oxygen atoms in total. The van der Waals surface area contributed by atoms with Gasteiger partial charge in [0.1, 0.15) is 5.75 Å². The third kappa shape index (κ3) is 3.17. The largest absolute Gasteiger partial charge is 0.489 e. The van der Waals surface area contributed by atoms with E-state index in [4.69, 9.17) is 21.6 Å². The Morgan fingerprint density at radius 1 is 1.33 bits per heavy atom. The number of halogens is 1. The molecule has 1 aromatic rings. The Labute approximate surface area is 114 Å². The van der Waals surface area contributed by atoms with Gasteiger partial charge in [0.15, 0.2) is 0 Å². The van der Waals surface area contributed by atoms with E-state index >= 15 is 0 Å². The van der Waals surface area contributed by atoms with Crippen molar-refractivity contribution in [1.82, 2.24) is 0 Å². The van der Waals surface area contributed by atoms with E-state index in [0.717, 1.165) is 18.8 Å².